The second kappa shape index (κ2) is 10.3. The number of hydrogen-bond acceptors (Lipinski definition) is 4. The molecule has 198 valence electrons. The number of fused-ring (bicyclic) bond motifs is 2. The summed E-state index contributed by atoms with van der Waals surface area (Å²) < 4.78 is 15.3. The molecule has 3 N–H and O–H groups in total. The van der Waals surface area contributed by atoms with E-state index >= 15 is 0 Å². The predicted octanol–water partition coefficient (Wildman–Crippen LogP) is 5.49. The van der Waals surface area contributed by atoms with E-state index in [1.54, 1.807) is 22.8 Å². The number of carbonyl (C=O) groups is 2. The van der Waals surface area contributed by atoms with Gasteiger partial charge < -0.3 is 15.4 Å². The molecule has 9 heteroatoms. The fourth-order valence-electron chi connectivity index (χ4n) is 5.63. The second-order valence-corrected chi connectivity index (χ2v) is 10.1. The number of carboxylic acid groups (broad SMARTS) is 1. The Kier molecular flexibility index (Phi) is 6.56. The molecule has 1 aliphatic carbocycles. The molecule has 1 saturated carbocycles. The van der Waals surface area contributed by atoms with Gasteiger partial charge in [0.05, 0.1) is 11.9 Å². The van der Waals surface area contributed by atoms with E-state index in [0.29, 0.717) is 11.3 Å². The molecular formula is C30H28FN5O3. The molecule has 39 heavy (non-hydrogen) atoms. The van der Waals surface area contributed by atoms with E-state index in [9.17, 15) is 19.1 Å². The van der Waals surface area contributed by atoms with E-state index in [1.807, 2.05) is 30.3 Å². The van der Waals surface area contributed by atoms with Crippen molar-refractivity contribution in [2.75, 3.05) is 0 Å². The van der Waals surface area contributed by atoms with Gasteiger partial charge in [0.25, 0.3) is 5.91 Å². The maximum atomic E-state index is 13.6. The van der Waals surface area contributed by atoms with Crippen LogP contribution >= 0.6 is 0 Å². The number of H-pyrrole nitrogens is 1. The van der Waals surface area contributed by atoms with Crippen molar-refractivity contribution in [1.29, 1.82) is 0 Å². The van der Waals surface area contributed by atoms with Gasteiger partial charge in [0.1, 0.15) is 17.4 Å². The van der Waals surface area contributed by atoms with E-state index < -0.39 is 17.9 Å². The van der Waals surface area contributed by atoms with Gasteiger partial charge in [-0.1, -0.05) is 49.6 Å². The Bertz CT molecular complexity index is 1630. The van der Waals surface area contributed by atoms with Crippen LogP contribution in [0.1, 0.15) is 59.8 Å². The highest BCUT2D eigenvalue weighted by atomic mass is 19.1. The molecule has 3 aromatic heterocycles. The lowest BCUT2D eigenvalue weighted by Gasteiger charge is -2.25. The van der Waals surface area contributed by atoms with Crippen LogP contribution in [0.15, 0.2) is 67.0 Å². The molecule has 1 atom stereocenters. The summed E-state index contributed by atoms with van der Waals surface area (Å²) in [7, 11) is 0. The molecule has 0 aliphatic heterocycles. The largest absolute Gasteiger partial charge is 0.480 e. The van der Waals surface area contributed by atoms with Crippen molar-refractivity contribution in [3.63, 3.8) is 0 Å². The summed E-state index contributed by atoms with van der Waals surface area (Å²) in [5.74, 6) is -1.78. The van der Waals surface area contributed by atoms with Crippen molar-refractivity contribution in [3.05, 3.63) is 89.8 Å². The molecule has 1 fully saturated rings. The van der Waals surface area contributed by atoms with Crippen molar-refractivity contribution < 1.29 is 19.1 Å². The van der Waals surface area contributed by atoms with E-state index in [2.05, 4.69) is 20.4 Å². The molecule has 1 aliphatic rings. The van der Waals surface area contributed by atoms with Gasteiger partial charge in [0.15, 0.2) is 5.65 Å². The van der Waals surface area contributed by atoms with Gasteiger partial charge in [-0.25, -0.2) is 18.7 Å². The molecule has 8 nitrogen and oxygen atoms in total. The van der Waals surface area contributed by atoms with Crippen molar-refractivity contribution in [3.8, 4) is 11.1 Å². The Morgan fingerprint density at radius 2 is 1.85 bits per heavy atom. The third kappa shape index (κ3) is 4.87. The number of carboxylic acids is 1. The zero-order chi connectivity index (χ0) is 26.9. The molecule has 2 aromatic carbocycles. The van der Waals surface area contributed by atoms with Crippen LogP contribution in [0.4, 0.5) is 4.39 Å². The number of halogens is 1. The van der Waals surface area contributed by atoms with Crippen LogP contribution in [0.2, 0.25) is 0 Å². The molecule has 1 amide bonds. The number of nitrogens with one attached hydrogen (secondary N) is 2. The zero-order valence-electron chi connectivity index (χ0n) is 21.2. The maximum absolute atomic E-state index is 13.6. The number of aliphatic carboxylic acids is 1. The highest BCUT2D eigenvalue weighted by Gasteiger charge is 2.28. The van der Waals surface area contributed by atoms with Gasteiger partial charge in [0, 0.05) is 35.3 Å². The first-order valence-electron chi connectivity index (χ1n) is 13.2. The lowest BCUT2D eigenvalue weighted by molar-refractivity contribution is -0.139. The normalized spacial score (nSPS) is 15.0. The maximum Gasteiger partial charge on any atom is 0.326 e. The van der Waals surface area contributed by atoms with Crippen molar-refractivity contribution in [2.45, 2.75) is 50.5 Å². The van der Waals surface area contributed by atoms with Crippen molar-refractivity contribution in [2.24, 2.45) is 0 Å². The average Bonchev–Trinajstić information content (AvgIpc) is 3.57. The van der Waals surface area contributed by atoms with E-state index in [4.69, 9.17) is 0 Å². The fourth-order valence-corrected chi connectivity index (χ4v) is 5.63. The van der Waals surface area contributed by atoms with Crippen LogP contribution in [0.25, 0.3) is 27.7 Å². The number of benzene rings is 2. The molecule has 0 radical (unpaired) electrons. The second-order valence-electron chi connectivity index (χ2n) is 10.1. The molecule has 0 saturated heterocycles. The standard InChI is InChI=1S/C30H28FN5O3/c31-21-12-10-18(11-13-21)23-16-32-28-24(17-33-36(28)27(23)19-6-2-1-3-7-19)29(37)35-26(30(38)39)15-22-14-20-8-4-5-9-25(20)34-22/h4-5,8-14,16-17,19,26,34H,1-3,6-7,15H2,(H,35,37)(H,38,39)/t26-/m0/s1. The molecule has 0 spiro atoms. The molecule has 0 unspecified atom stereocenters. The Labute approximate surface area is 223 Å². The minimum atomic E-state index is -1.14. The van der Waals surface area contributed by atoms with Gasteiger partial charge >= 0.3 is 5.97 Å². The van der Waals surface area contributed by atoms with E-state index in [-0.39, 0.29) is 23.7 Å². The summed E-state index contributed by atoms with van der Waals surface area (Å²) in [5, 5.41) is 18.1. The quantitative estimate of drug-likeness (QED) is 0.260. The highest BCUT2D eigenvalue weighted by Crippen LogP contribution is 2.38. The first-order valence-corrected chi connectivity index (χ1v) is 13.2. The highest BCUT2D eigenvalue weighted by molar-refractivity contribution is 6.01. The average molecular weight is 526 g/mol. The number of hydrogen-bond donors (Lipinski definition) is 3. The number of nitrogens with zero attached hydrogens (tertiary/aromatic N) is 3. The summed E-state index contributed by atoms with van der Waals surface area (Å²) >= 11 is 0. The third-order valence-corrected chi connectivity index (χ3v) is 7.57. The van der Waals surface area contributed by atoms with Crippen LogP contribution in [0.3, 0.4) is 0 Å². The molecule has 5 aromatic rings. The van der Waals surface area contributed by atoms with Crippen molar-refractivity contribution in [1.82, 2.24) is 24.9 Å². The number of carbonyl (C=O) groups excluding carboxylic acids is 1. The Hall–Kier alpha value is -4.53. The summed E-state index contributed by atoms with van der Waals surface area (Å²) in [6, 6.07) is 14.7. The Morgan fingerprint density at radius 1 is 1.08 bits per heavy atom. The molecule has 3 heterocycles. The van der Waals surface area contributed by atoms with Crippen LogP contribution < -0.4 is 5.32 Å². The van der Waals surface area contributed by atoms with Gasteiger partial charge in [-0.2, -0.15) is 5.10 Å². The topological polar surface area (TPSA) is 112 Å². The first kappa shape index (κ1) is 24.8. The zero-order valence-corrected chi connectivity index (χ0v) is 21.2. The predicted molar refractivity (Wildman–Crippen MR) is 145 cm³/mol. The number of amides is 1. The number of aromatic nitrogens is 4. The van der Waals surface area contributed by atoms with Crippen LogP contribution in [0, 0.1) is 5.82 Å². The summed E-state index contributed by atoms with van der Waals surface area (Å²) in [6.45, 7) is 0. The Morgan fingerprint density at radius 3 is 2.59 bits per heavy atom. The fraction of sp³-hybridized carbons (Fsp3) is 0.267. The lowest BCUT2D eigenvalue weighted by atomic mass is 9.84. The molecule has 0 bridgehead atoms. The number of rotatable bonds is 7. The van der Waals surface area contributed by atoms with Crippen LogP contribution in [0.5, 0.6) is 0 Å². The lowest BCUT2D eigenvalue weighted by Crippen LogP contribution is -2.42. The Balaban J connectivity index is 1.33. The number of aromatic amines is 1. The van der Waals surface area contributed by atoms with Crippen LogP contribution in [-0.2, 0) is 11.2 Å². The van der Waals surface area contributed by atoms with Crippen LogP contribution in [-0.4, -0.2) is 42.6 Å². The minimum absolute atomic E-state index is 0.102. The summed E-state index contributed by atoms with van der Waals surface area (Å²) in [6.07, 6.45) is 8.60. The number of para-hydroxylation sites is 1. The van der Waals surface area contributed by atoms with Crippen molar-refractivity contribution >= 4 is 28.4 Å². The van der Waals surface area contributed by atoms with Gasteiger partial charge in [-0.15, -0.1) is 0 Å². The first-order chi connectivity index (χ1) is 19.0. The monoisotopic (exact) mass is 525 g/mol. The van der Waals surface area contributed by atoms with Gasteiger partial charge in [-0.05, 0) is 48.1 Å². The smallest absolute Gasteiger partial charge is 0.326 e. The third-order valence-electron chi connectivity index (χ3n) is 7.57. The summed E-state index contributed by atoms with van der Waals surface area (Å²) in [4.78, 5) is 33.2. The summed E-state index contributed by atoms with van der Waals surface area (Å²) in [5.41, 5.74) is 4.82. The minimum Gasteiger partial charge on any atom is -0.480 e. The van der Waals surface area contributed by atoms with E-state index in [0.717, 1.165) is 53.4 Å². The SMILES string of the molecule is O=C(N[C@@H](Cc1cc2ccccc2[nH]1)C(=O)O)c1cnn2c(C3CCCCC3)c(-c3ccc(F)cc3)cnc12. The van der Waals surface area contributed by atoms with Gasteiger partial charge in [-0.3, -0.25) is 4.79 Å². The van der Waals surface area contributed by atoms with E-state index in [1.165, 1.54) is 24.8 Å². The molecular weight excluding hydrogens is 497 g/mol. The van der Waals surface area contributed by atoms with Gasteiger partial charge in [0.2, 0.25) is 0 Å². The molecule has 6 rings (SSSR count).